The van der Waals surface area contributed by atoms with E-state index in [9.17, 15) is 17.6 Å². The minimum Gasteiger partial charge on any atom is -0.361 e. The van der Waals surface area contributed by atoms with Crippen LogP contribution < -0.4 is 10.6 Å². The second kappa shape index (κ2) is 6.77. The molecule has 4 nitrogen and oxygen atoms in total. The topological polar surface area (TPSA) is 49.8 Å². The maximum absolute atomic E-state index is 13.9. The lowest BCUT2D eigenvalue weighted by Gasteiger charge is -2.17. The molecule has 2 heterocycles. The van der Waals surface area contributed by atoms with Crippen LogP contribution in [-0.2, 0) is 6.18 Å². The largest absolute Gasteiger partial charge is 0.416 e. The van der Waals surface area contributed by atoms with Crippen molar-refractivity contribution in [3.63, 3.8) is 0 Å². The van der Waals surface area contributed by atoms with Crippen LogP contribution in [0.5, 0.6) is 0 Å². The number of halogens is 4. The average Bonchev–Trinajstić information content (AvgIpc) is 3.06. The van der Waals surface area contributed by atoms with Crippen molar-refractivity contribution in [2.24, 2.45) is 0 Å². The Morgan fingerprint density at radius 3 is 2.26 bits per heavy atom. The number of fused-ring (bicyclic) bond motifs is 1. The average molecular weight is 376 g/mol. The molecular formula is C19H16F4N4. The molecule has 8 heteroatoms. The van der Waals surface area contributed by atoms with E-state index in [0.29, 0.717) is 23.6 Å². The molecule has 1 aromatic heterocycles. The van der Waals surface area contributed by atoms with E-state index in [4.69, 9.17) is 0 Å². The Balaban J connectivity index is 1.73. The molecule has 1 aliphatic heterocycles. The summed E-state index contributed by atoms with van der Waals surface area (Å²) in [6, 6.07) is 11.7. The van der Waals surface area contributed by atoms with E-state index in [1.807, 2.05) is 24.3 Å². The lowest BCUT2D eigenvalue weighted by atomic mass is 10.0. The van der Waals surface area contributed by atoms with E-state index >= 15 is 0 Å². The van der Waals surface area contributed by atoms with Gasteiger partial charge in [0.25, 0.3) is 0 Å². The number of hydrogen-bond donors (Lipinski definition) is 2. The molecule has 2 N–H and O–H groups in total. The van der Waals surface area contributed by atoms with Crippen LogP contribution in [0, 0.1) is 0 Å². The smallest absolute Gasteiger partial charge is 0.361 e. The van der Waals surface area contributed by atoms with Gasteiger partial charge in [0.1, 0.15) is 11.9 Å². The van der Waals surface area contributed by atoms with Gasteiger partial charge in [0, 0.05) is 29.4 Å². The first kappa shape index (κ1) is 17.7. The van der Waals surface area contributed by atoms with Crippen molar-refractivity contribution in [3.8, 4) is 11.3 Å². The van der Waals surface area contributed by atoms with Gasteiger partial charge in [-0.25, -0.2) is 4.39 Å². The molecule has 1 fully saturated rings. The van der Waals surface area contributed by atoms with Gasteiger partial charge in [-0.05, 0) is 12.1 Å². The number of rotatable bonds is 3. The molecule has 0 saturated carbocycles. The molecule has 27 heavy (non-hydrogen) atoms. The van der Waals surface area contributed by atoms with E-state index in [1.54, 1.807) is 0 Å². The summed E-state index contributed by atoms with van der Waals surface area (Å²) in [4.78, 5) is 0. The third-order valence-electron chi connectivity index (χ3n) is 4.64. The van der Waals surface area contributed by atoms with Gasteiger partial charge in [-0.15, -0.1) is 10.2 Å². The standard InChI is InChI=1S/C19H16F4N4/c20-15-9-24-10-16(15)25-18-14-4-2-1-3-13(14)17(26-27-18)11-5-7-12(8-6-11)19(21,22)23/h1-8,15-16,24H,9-10H2,(H,25,27)/t15-,16-/m1/s1. The Hall–Kier alpha value is -2.74. The molecule has 2 atom stereocenters. The van der Waals surface area contributed by atoms with Crippen LogP contribution in [0.4, 0.5) is 23.4 Å². The summed E-state index contributed by atoms with van der Waals surface area (Å²) in [5.41, 5.74) is 0.292. The molecule has 140 valence electrons. The van der Waals surface area contributed by atoms with Gasteiger partial charge in [-0.2, -0.15) is 13.2 Å². The lowest BCUT2D eigenvalue weighted by Crippen LogP contribution is -2.30. The number of aromatic nitrogens is 2. The van der Waals surface area contributed by atoms with Crippen LogP contribution in [0.3, 0.4) is 0 Å². The summed E-state index contributed by atoms with van der Waals surface area (Å²) < 4.78 is 52.2. The SMILES string of the molecule is F[C@@H]1CNC[C@H]1Nc1nnc(-c2ccc(C(F)(F)F)cc2)c2ccccc12. The predicted molar refractivity (Wildman–Crippen MR) is 95.2 cm³/mol. The summed E-state index contributed by atoms with van der Waals surface area (Å²) in [5.74, 6) is 0.456. The van der Waals surface area contributed by atoms with Crippen molar-refractivity contribution < 1.29 is 17.6 Å². The molecule has 0 amide bonds. The van der Waals surface area contributed by atoms with Crippen LogP contribution in [0.2, 0.25) is 0 Å². The van der Waals surface area contributed by atoms with E-state index < -0.39 is 24.0 Å². The van der Waals surface area contributed by atoms with Crippen molar-refractivity contribution in [1.29, 1.82) is 0 Å². The van der Waals surface area contributed by atoms with Crippen LogP contribution in [-0.4, -0.2) is 35.5 Å². The second-order valence-electron chi connectivity index (χ2n) is 6.44. The maximum Gasteiger partial charge on any atom is 0.416 e. The highest BCUT2D eigenvalue weighted by atomic mass is 19.4. The fourth-order valence-corrected chi connectivity index (χ4v) is 3.20. The predicted octanol–water partition coefficient (Wildman–Crippen LogP) is 4.04. The van der Waals surface area contributed by atoms with Gasteiger partial charge in [0.2, 0.25) is 0 Å². The summed E-state index contributed by atoms with van der Waals surface area (Å²) in [5, 5.41) is 15.9. The van der Waals surface area contributed by atoms with Crippen molar-refractivity contribution in [1.82, 2.24) is 15.5 Å². The molecule has 1 aliphatic rings. The molecule has 3 aromatic rings. The molecule has 0 bridgehead atoms. The quantitative estimate of drug-likeness (QED) is 0.678. The summed E-state index contributed by atoms with van der Waals surface area (Å²) in [6.07, 6.45) is -5.42. The molecule has 0 unspecified atom stereocenters. The fraction of sp³-hybridized carbons (Fsp3) is 0.263. The third kappa shape index (κ3) is 3.44. The van der Waals surface area contributed by atoms with Gasteiger partial charge in [-0.3, -0.25) is 0 Å². The van der Waals surface area contributed by atoms with Gasteiger partial charge in [0.05, 0.1) is 11.6 Å². The molecule has 2 aromatic carbocycles. The first-order valence-corrected chi connectivity index (χ1v) is 8.48. The number of alkyl halides is 4. The molecule has 1 saturated heterocycles. The number of nitrogens with one attached hydrogen (secondary N) is 2. The Morgan fingerprint density at radius 1 is 0.926 bits per heavy atom. The Kier molecular flexibility index (Phi) is 4.43. The van der Waals surface area contributed by atoms with Crippen molar-refractivity contribution in [2.45, 2.75) is 18.4 Å². The van der Waals surface area contributed by atoms with E-state index in [-0.39, 0.29) is 6.54 Å². The summed E-state index contributed by atoms with van der Waals surface area (Å²) in [6.45, 7) is 0.768. The minimum atomic E-state index is -4.39. The molecule has 4 rings (SSSR count). The van der Waals surface area contributed by atoms with Crippen LogP contribution in [0.1, 0.15) is 5.56 Å². The first-order valence-electron chi connectivity index (χ1n) is 8.48. The number of benzene rings is 2. The van der Waals surface area contributed by atoms with Crippen molar-refractivity contribution >= 4 is 16.6 Å². The van der Waals surface area contributed by atoms with E-state index in [2.05, 4.69) is 20.8 Å². The zero-order chi connectivity index (χ0) is 19.0. The third-order valence-corrected chi connectivity index (χ3v) is 4.64. The number of hydrogen-bond acceptors (Lipinski definition) is 4. The lowest BCUT2D eigenvalue weighted by molar-refractivity contribution is -0.137. The molecule has 0 radical (unpaired) electrons. The van der Waals surface area contributed by atoms with Gasteiger partial charge < -0.3 is 10.6 Å². The van der Waals surface area contributed by atoms with Crippen molar-refractivity contribution in [3.05, 3.63) is 54.1 Å². The normalized spacial score (nSPS) is 20.1. The van der Waals surface area contributed by atoms with Crippen LogP contribution in [0.25, 0.3) is 22.0 Å². The Morgan fingerprint density at radius 2 is 1.63 bits per heavy atom. The summed E-state index contributed by atoms with van der Waals surface area (Å²) in [7, 11) is 0. The van der Waals surface area contributed by atoms with Crippen molar-refractivity contribution in [2.75, 3.05) is 18.4 Å². The molecule has 0 aliphatic carbocycles. The Bertz CT molecular complexity index is 956. The fourth-order valence-electron chi connectivity index (χ4n) is 3.20. The molecular weight excluding hydrogens is 360 g/mol. The van der Waals surface area contributed by atoms with Crippen LogP contribution >= 0.6 is 0 Å². The highest BCUT2D eigenvalue weighted by Crippen LogP contribution is 2.33. The van der Waals surface area contributed by atoms with E-state index in [0.717, 1.165) is 22.9 Å². The zero-order valence-electron chi connectivity index (χ0n) is 14.1. The van der Waals surface area contributed by atoms with Gasteiger partial charge in [0.15, 0.2) is 5.82 Å². The monoisotopic (exact) mass is 376 g/mol. The maximum atomic E-state index is 13.9. The first-order chi connectivity index (χ1) is 12.9. The summed E-state index contributed by atoms with van der Waals surface area (Å²) >= 11 is 0. The van der Waals surface area contributed by atoms with E-state index in [1.165, 1.54) is 12.1 Å². The number of nitrogens with zero attached hydrogens (tertiary/aromatic N) is 2. The second-order valence-corrected chi connectivity index (χ2v) is 6.44. The minimum absolute atomic E-state index is 0.284. The number of anilines is 1. The van der Waals surface area contributed by atoms with Gasteiger partial charge >= 0.3 is 6.18 Å². The van der Waals surface area contributed by atoms with Gasteiger partial charge in [-0.1, -0.05) is 36.4 Å². The highest BCUT2D eigenvalue weighted by Gasteiger charge is 2.30. The van der Waals surface area contributed by atoms with Crippen LogP contribution in [0.15, 0.2) is 48.5 Å². The molecule has 0 spiro atoms. The highest BCUT2D eigenvalue weighted by molar-refractivity contribution is 6.00. The Labute approximate surface area is 152 Å². The zero-order valence-corrected chi connectivity index (χ0v) is 14.1.